The first-order chi connectivity index (χ1) is 6.84. The molecule has 0 aromatic carbocycles. The van der Waals surface area contributed by atoms with Gasteiger partial charge in [-0.25, -0.2) is 0 Å². The fourth-order valence-electron chi connectivity index (χ4n) is 2.18. The van der Waals surface area contributed by atoms with E-state index in [4.69, 9.17) is 0 Å². The summed E-state index contributed by atoms with van der Waals surface area (Å²) in [5, 5.41) is 0.557. The molecule has 1 rings (SSSR count). The van der Waals surface area contributed by atoms with E-state index in [1.165, 1.54) is 57.8 Å². The third-order valence-corrected chi connectivity index (χ3v) is 5.03. The van der Waals surface area contributed by atoms with Gasteiger partial charge < -0.3 is 0 Å². The average molecular weight is 216 g/mol. The van der Waals surface area contributed by atoms with Gasteiger partial charge in [-0.2, -0.15) is 0 Å². The summed E-state index contributed by atoms with van der Waals surface area (Å²) in [4.78, 5) is 0. The zero-order valence-corrected chi connectivity index (χ0v) is 10.3. The van der Waals surface area contributed by atoms with Crippen molar-refractivity contribution in [2.75, 3.05) is 5.75 Å². The largest absolute Gasteiger partial charge is 0.259 e. The van der Waals surface area contributed by atoms with Crippen molar-refractivity contribution in [3.05, 3.63) is 0 Å². The molecule has 0 aliphatic carbocycles. The van der Waals surface area contributed by atoms with Crippen LogP contribution in [0.25, 0.3) is 0 Å². The number of hydrogen-bond donors (Lipinski definition) is 0. The lowest BCUT2D eigenvalue weighted by Gasteiger charge is -2.07. The Bertz CT molecular complexity index is 168. The number of hydrogen-bond acceptors (Lipinski definition) is 1. The predicted octanol–water partition coefficient (Wildman–Crippen LogP) is 3.65. The molecule has 0 radical (unpaired) electrons. The van der Waals surface area contributed by atoms with Gasteiger partial charge in [0.1, 0.15) is 0 Å². The average Bonchev–Trinajstić information content (AvgIpc) is 2.58. The Balaban J connectivity index is 1.90. The zero-order valence-electron chi connectivity index (χ0n) is 9.46. The Morgan fingerprint density at radius 2 is 1.86 bits per heavy atom. The quantitative estimate of drug-likeness (QED) is 0.594. The molecule has 1 aliphatic heterocycles. The number of unbranched alkanes of at least 4 members (excludes halogenated alkanes) is 5. The van der Waals surface area contributed by atoms with Gasteiger partial charge in [-0.05, 0) is 19.3 Å². The summed E-state index contributed by atoms with van der Waals surface area (Å²) in [7, 11) is -0.469. The standard InChI is InChI=1S/C12H24OS/c1-2-3-4-5-6-7-9-12-10-8-11-14(12)13/h12H,2-11H2,1H3. The maximum Gasteiger partial charge on any atom is 0.0348 e. The molecule has 0 amide bonds. The van der Waals surface area contributed by atoms with Crippen molar-refractivity contribution in [2.24, 2.45) is 0 Å². The van der Waals surface area contributed by atoms with Gasteiger partial charge in [-0.15, -0.1) is 0 Å². The summed E-state index contributed by atoms with van der Waals surface area (Å²) >= 11 is 0. The van der Waals surface area contributed by atoms with Crippen LogP contribution in [0.1, 0.15) is 64.7 Å². The van der Waals surface area contributed by atoms with Crippen molar-refractivity contribution in [3.8, 4) is 0 Å². The van der Waals surface area contributed by atoms with Gasteiger partial charge in [0.05, 0.1) is 0 Å². The summed E-state index contributed by atoms with van der Waals surface area (Å²) in [6, 6.07) is 0. The molecule has 84 valence electrons. The van der Waals surface area contributed by atoms with Crippen LogP contribution in [-0.2, 0) is 10.8 Å². The molecule has 1 saturated heterocycles. The molecule has 0 aromatic heterocycles. The molecule has 2 atom stereocenters. The third kappa shape index (κ3) is 4.59. The Hall–Kier alpha value is 0.150. The van der Waals surface area contributed by atoms with Crippen LogP contribution in [0.5, 0.6) is 0 Å². The van der Waals surface area contributed by atoms with Gasteiger partial charge in [0, 0.05) is 21.8 Å². The van der Waals surface area contributed by atoms with Gasteiger partial charge >= 0.3 is 0 Å². The molecule has 0 N–H and O–H groups in total. The molecule has 1 fully saturated rings. The molecule has 14 heavy (non-hydrogen) atoms. The Morgan fingerprint density at radius 1 is 1.14 bits per heavy atom. The molecule has 1 nitrogen and oxygen atoms in total. The van der Waals surface area contributed by atoms with Gasteiger partial charge in [-0.1, -0.05) is 45.4 Å². The molecule has 1 aliphatic rings. The van der Waals surface area contributed by atoms with Crippen molar-refractivity contribution in [1.29, 1.82) is 0 Å². The monoisotopic (exact) mass is 216 g/mol. The van der Waals surface area contributed by atoms with Crippen molar-refractivity contribution < 1.29 is 4.21 Å². The van der Waals surface area contributed by atoms with Crippen molar-refractivity contribution >= 4 is 10.8 Å². The highest BCUT2D eigenvalue weighted by atomic mass is 32.2. The van der Waals surface area contributed by atoms with E-state index in [9.17, 15) is 4.21 Å². The van der Waals surface area contributed by atoms with E-state index < -0.39 is 10.8 Å². The minimum absolute atomic E-state index is 0.469. The lowest BCUT2D eigenvalue weighted by molar-refractivity contribution is 0.571. The first-order valence-corrected chi connectivity index (χ1v) is 7.60. The SMILES string of the molecule is CCCCCCCCC1CCCS1=O. The molecule has 0 bridgehead atoms. The van der Waals surface area contributed by atoms with Crippen LogP contribution in [0.15, 0.2) is 0 Å². The molecule has 2 heteroatoms. The predicted molar refractivity (Wildman–Crippen MR) is 64.0 cm³/mol. The Morgan fingerprint density at radius 3 is 2.50 bits per heavy atom. The summed E-state index contributed by atoms with van der Waals surface area (Å²) in [6.07, 6.45) is 11.8. The Labute approximate surface area is 91.1 Å². The van der Waals surface area contributed by atoms with Crippen LogP contribution in [-0.4, -0.2) is 15.2 Å². The van der Waals surface area contributed by atoms with Crippen molar-refractivity contribution in [2.45, 2.75) is 70.0 Å². The Kier molecular flexibility index (Phi) is 6.50. The van der Waals surface area contributed by atoms with E-state index in [0.29, 0.717) is 5.25 Å². The van der Waals surface area contributed by atoms with Gasteiger partial charge in [-0.3, -0.25) is 4.21 Å². The molecule has 0 saturated carbocycles. The second-order valence-electron chi connectivity index (χ2n) is 4.41. The maximum atomic E-state index is 11.5. The van der Waals surface area contributed by atoms with E-state index in [0.717, 1.165) is 5.75 Å². The molecular weight excluding hydrogens is 192 g/mol. The van der Waals surface area contributed by atoms with Crippen LogP contribution in [0.2, 0.25) is 0 Å². The van der Waals surface area contributed by atoms with E-state index in [-0.39, 0.29) is 0 Å². The molecular formula is C12H24OS. The third-order valence-electron chi connectivity index (χ3n) is 3.12. The second-order valence-corrected chi connectivity index (χ2v) is 6.24. The van der Waals surface area contributed by atoms with Crippen LogP contribution >= 0.6 is 0 Å². The molecule has 0 aromatic rings. The first kappa shape index (κ1) is 12.2. The normalized spacial score (nSPS) is 26.9. The topological polar surface area (TPSA) is 17.1 Å². The molecule has 2 unspecified atom stereocenters. The lowest BCUT2D eigenvalue weighted by Crippen LogP contribution is -2.08. The highest BCUT2D eigenvalue weighted by molar-refractivity contribution is 7.85. The van der Waals surface area contributed by atoms with E-state index in [1.807, 2.05) is 0 Å². The van der Waals surface area contributed by atoms with Crippen LogP contribution in [0.3, 0.4) is 0 Å². The maximum absolute atomic E-state index is 11.5. The fourth-order valence-corrected chi connectivity index (χ4v) is 3.82. The summed E-state index contributed by atoms with van der Waals surface area (Å²) in [5.74, 6) is 0.973. The summed E-state index contributed by atoms with van der Waals surface area (Å²) in [5.41, 5.74) is 0. The van der Waals surface area contributed by atoms with Gasteiger partial charge in [0.15, 0.2) is 0 Å². The fraction of sp³-hybridized carbons (Fsp3) is 1.00. The summed E-state index contributed by atoms with van der Waals surface area (Å²) < 4.78 is 11.5. The smallest absolute Gasteiger partial charge is 0.0348 e. The van der Waals surface area contributed by atoms with Crippen molar-refractivity contribution in [3.63, 3.8) is 0 Å². The van der Waals surface area contributed by atoms with Gasteiger partial charge in [0.2, 0.25) is 0 Å². The highest BCUT2D eigenvalue weighted by Gasteiger charge is 2.21. The highest BCUT2D eigenvalue weighted by Crippen LogP contribution is 2.21. The molecule has 0 spiro atoms. The van der Waals surface area contributed by atoms with Crippen LogP contribution in [0.4, 0.5) is 0 Å². The minimum Gasteiger partial charge on any atom is -0.259 e. The number of rotatable bonds is 7. The second kappa shape index (κ2) is 7.44. The van der Waals surface area contributed by atoms with Crippen LogP contribution < -0.4 is 0 Å². The van der Waals surface area contributed by atoms with Crippen LogP contribution in [0, 0.1) is 0 Å². The molecule has 1 heterocycles. The van der Waals surface area contributed by atoms with E-state index >= 15 is 0 Å². The summed E-state index contributed by atoms with van der Waals surface area (Å²) in [6.45, 7) is 2.25. The lowest BCUT2D eigenvalue weighted by atomic mass is 10.1. The van der Waals surface area contributed by atoms with Crippen molar-refractivity contribution in [1.82, 2.24) is 0 Å². The minimum atomic E-state index is -0.469. The van der Waals surface area contributed by atoms with Gasteiger partial charge in [0.25, 0.3) is 0 Å². The van der Waals surface area contributed by atoms with E-state index in [2.05, 4.69) is 6.92 Å². The zero-order chi connectivity index (χ0) is 10.2. The van der Waals surface area contributed by atoms with E-state index in [1.54, 1.807) is 0 Å². The first-order valence-electron chi connectivity index (χ1n) is 6.21.